The van der Waals surface area contributed by atoms with Crippen LogP contribution in [-0.2, 0) is 6.54 Å². The van der Waals surface area contributed by atoms with Crippen LogP contribution in [0.3, 0.4) is 0 Å². The normalized spacial score (nSPS) is 15.6. The largest absolute Gasteiger partial charge is 0.497 e. The molecular formula is C20H24N6O. The highest BCUT2D eigenvalue weighted by Crippen LogP contribution is 2.19. The maximum atomic E-state index is 5.32. The van der Waals surface area contributed by atoms with E-state index in [1.54, 1.807) is 30.4 Å². The number of nitrogens with one attached hydrogen (secondary N) is 1. The Morgan fingerprint density at radius 3 is 2.85 bits per heavy atom. The molecule has 140 valence electrons. The quantitative estimate of drug-likeness (QED) is 0.725. The molecule has 0 aliphatic carbocycles. The van der Waals surface area contributed by atoms with Gasteiger partial charge < -0.3 is 10.1 Å². The van der Waals surface area contributed by atoms with Crippen LogP contribution < -0.4 is 10.1 Å². The Morgan fingerprint density at radius 1 is 1.19 bits per heavy atom. The van der Waals surface area contributed by atoms with Gasteiger partial charge in [0.15, 0.2) is 5.82 Å². The Hall–Kier alpha value is -2.93. The second-order valence-electron chi connectivity index (χ2n) is 6.76. The molecule has 7 nitrogen and oxygen atoms in total. The first-order valence-corrected chi connectivity index (χ1v) is 9.24. The van der Waals surface area contributed by atoms with Crippen LogP contribution in [0.25, 0.3) is 5.82 Å². The molecule has 1 saturated heterocycles. The van der Waals surface area contributed by atoms with E-state index in [4.69, 9.17) is 4.74 Å². The molecule has 0 atom stereocenters. The first kappa shape index (κ1) is 17.5. The Kier molecular flexibility index (Phi) is 5.29. The number of anilines is 1. The maximum Gasteiger partial charge on any atom is 0.173 e. The van der Waals surface area contributed by atoms with Crippen LogP contribution in [-0.4, -0.2) is 50.9 Å². The van der Waals surface area contributed by atoms with E-state index in [1.807, 2.05) is 24.4 Å². The van der Waals surface area contributed by atoms with E-state index in [-0.39, 0.29) is 0 Å². The van der Waals surface area contributed by atoms with Crippen LogP contribution >= 0.6 is 0 Å². The molecule has 3 aromatic rings. The summed E-state index contributed by atoms with van der Waals surface area (Å²) in [5.41, 5.74) is 1.29. The van der Waals surface area contributed by atoms with Crippen molar-refractivity contribution in [2.24, 2.45) is 0 Å². The molecule has 2 aromatic heterocycles. The number of ether oxygens (including phenoxy) is 1. The molecule has 4 rings (SSSR count). The van der Waals surface area contributed by atoms with Gasteiger partial charge in [-0.25, -0.2) is 9.67 Å². The topological polar surface area (TPSA) is 68.1 Å². The minimum Gasteiger partial charge on any atom is -0.497 e. The summed E-state index contributed by atoms with van der Waals surface area (Å²) in [6.07, 6.45) is 9.25. The maximum absolute atomic E-state index is 5.32. The third kappa shape index (κ3) is 4.43. The smallest absolute Gasteiger partial charge is 0.173 e. The fourth-order valence-corrected chi connectivity index (χ4v) is 3.41. The molecule has 1 aliphatic rings. The summed E-state index contributed by atoms with van der Waals surface area (Å²) in [7, 11) is 1.71. The van der Waals surface area contributed by atoms with Crippen molar-refractivity contribution in [2.45, 2.75) is 25.4 Å². The molecule has 0 radical (unpaired) electrons. The number of hydrogen-bond acceptors (Lipinski definition) is 6. The van der Waals surface area contributed by atoms with Gasteiger partial charge in [0.1, 0.15) is 11.6 Å². The zero-order valence-electron chi connectivity index (χ0n) is 15.5. The predicted octanol–water partition coefficient (Wildman–Crippen LogP) is 2.75. The van der Waals surface area contributed by atoms with Crippen molar-refractivity contribution in [3.05, 3.63) is 60.7 Å². The fourth-order valence-electron chi connectivity index (χ4n) is 3.41. The van der Waals surface area contributed by atoms with Crippen LogP contribution in [0, 0.1) is 0 Å². The minimum absolute atomic E-state index is 0.411. The van der Waals surface area contributed by atoms with Crippen molar-refractivity contribution in [3.63, 3.8) is 0 Å². The first-order chi connectivity index (χ1) is 13.3. The summed E-state index contributed by atoms with van der Waals surface area (Å²) in [6.45, 7) is 3.07. The van der Waals surface area contributed by atoms with Crippen LogP contribution in [0.1, 0.15) is 18.4 Å². The molecule has 0 saturated carbocycles. The highest BCUT2D eigenvalue weighted by molar-refractivity contribution is 5.37. The third-order valence-corrected chi connectivity index (χ3v) is 4.84. The van der Waals surface area contributed by atoms with Gasteiger partial charge in [0, 0.05) is 38.1 Å². The number of nitrogens with zero attached hydrogens (tertiary/aromatic N) is 5. The number of benzene rings is 1. The lowest BCUT2D eigenvalue weighted by Gasteiger charge is -2.32. The number of rotatable bonds is 6. The van der Waals surface area contributed by atoms with E-state index in [0.29, 0.717) is 6.04 Å². The van der Waals surface area contributed by atoms with Crippen molar-refractivity contribution in [3.8, 4) is 11.6 Å². The Morgan fingerprint density at radius 2 is 2.07 bits per heavy atom. The molecule has 7 heteroatoms. The molecule has 1 N–H and O–H groups in total. The summed E-state index contributed by atoms with van der Waals surface area (Å²) in [5.74, 6) is 2.44. The lowest BCUT2D eigenvalue weighted by Crippen LogP contribution is -2.38. The van der Waals surface area contributed by atoms with E-state index >= 15 is 0 Å². The summed E-state index contributed by atoms with van der Waals surface area (Å²) in [4.78, 5) is 11.4. The SMILES string of the molecule is COc1cccc(CN2CCC(Nc3cncc(-n4cccn4)n3)CC2)c1. The first-order valence-electron chi connectivity index (χ1n) is 9.24. The number of methoxy groups -OCH3 is 1. The summed E-state index contributed by atoms with van der Waals surface area (Å²) >= 11 is 0. The van der Waals surface area contributed by atoms with Gasteiger partial charge in [-0.2, -0.15) is 5.10 Å². The lowest BCUT2D eigenvalue weighted by molar-refractivity contribution is 0.211. The van der Waals surface area contributed by atoms with Crippen molar-refractivity contribution in [2.75, 3.05) is 25.5 Å². The third-order valence-electron chi connectivity index (χ3n) is 4.84. The van der Waals surface area contributed by atoms with Gasteiger partial charge in [-0.05, 0) is 36.6 Å². The minimum atomic E-state index is 0.411. The van der Waals surface area contributed by atoms with Gasteiger partial charge in [-0.3, -0.25) is 9.88 Å². The number of likely N-dealkylation sites (tertiary alicyclic amines) is 1. The molecule has 3 heterocycles. The van der Waals surface area contributed by atoms with Gasteiger partial charge >= 0.3 is 0 Å². The highest BCUT2D eigenvalue weighted by Gasteiger charge is 2.19. The zero-order valence-corrected chi connectivity index (χ0v) is 15.5. The van der Waals surface area contributed by atoms with Crippen LogP contribution in [0.15, 0.2) is 55.1 Å². The van der Waals surface area contributed by atoms with E-state index in [1.165, 1.54) is 5.56 Å². The highest BCUT2D eigenvalue weighted by atomic mass is 16.5. The average Bonchev–Trinajstić information content (AvgIpc) is 3.25. The monoisotopic (exact) mass is 364 g/mol. The van der Waals surface area contributed by atoms with Gasteiger partial charge in [0.2, 0.25) is 0 Å². The lowest BCUT2D eigenvalue weighted by atomic mass is 10.0. The summed E-state index contributed by atoms with van der Waals surface area (Å²) < 4.78 is 7.03. The van der Waals surface area contributed by atoms with Gasteiger partial charge in [0.05, 0.1) is 19.5 Å². The molecular weight excluding hydrogens is 340 g/mol. The molecule has 0 unspecified atom stereocenters. The van der Waals surface area contributed by atoms with Gasteiger partial charge in [0.25, 0.3) is 0 Å². The summed E-state index contributed by atoms with van der Waals surface area (Å²) in [5, 5.41) is 7.73. The van der Waals surface area contributed by atoms with E-state index in [0.717, 1.165) is 49.9 Å². The van der Waals surface area contributed by atoms with Crippen molar-refractivity contribution < 1.29 is 4.74 Å². The standard InChI is InChI=1S/C20H24N6O/c1-27-18-5-2-4-16(12-18)15-25-10-6-17(7-11-25)23-19-13-21-14-20(24-19)26-9-3-8-22-26/h2-5,8-9,12-14,17H,6-7,10-11,15H2,1H3,(H,23,24). The van der Waals surface area contributed by atoms with Crippen molar-refractivity contribution >= 4 is 5.82 Å². The number of hydrogen-bond donors (Lipinski definition) is 1. The van der Waals surface area contributed by atoms with Crippen molar-refractivity contribution in [1.29, 1.82) is 0 Å². The summed E-state index contributed by atoms with van der Waals surface area (Å²) in [6, 6.07) is 10.6. The van der Waals surface area contributed by atoms with Gasteiger partial charge in [-0.15, -0.1) is 0 Å². The molecule has 1 aliphatic heterocycles. The number of aromatic nitrogens is 4. The molecule has 27 heavy (non-hydrogen) atoms. The van der Waals surface area contributed by atoms with Crippen LogP contribution in [0.4, 0.5) is 5.82 Å². The molecule has 0 spiro atoms. The second kappa shape index (κ2) is 8.18. The van der Waals surface area contributed by atoms with Crippen molar-refractivity contribution in [1.82, 2.24) is 24.6 Å². The fraction of sp³-hybridized carbons (Fsp3) is 0.350. The number of piperidine rings is 1. The predicted molar refractivity (Wildman–Crippen MR) is 104 cm³/mol. The van der Waals surface area contributed by atoms with Crippen LogP contribution in [0.5, 0.6) is 5.75 Å². The Bertz CT molecular complexity index is 858. The van der Waals surface area contributed by atoms with E-state index < -0.39 is 0 Å². The molecule has 0 amide bonds. The molecule has 0 bridgehead atoms. The Balaban J connectivity index is 1.31. The van der Waals surface area contributed by atoms with Crippen LogP contribution in [0.2, 0.25) is 0 Å². The Labute approximate surface area is 159 Å². The average molecular weight is 364 g/mol. The molecule has 1 fully saturated rings. The second-order valence-corrected chi connectivity index (χ2v) is 6.76. The van der Waals surface area contributed by atoms with E-state index in [9.17, 15) is 0 Å². The van der Waals surface area contributed by atoms with Gasteiger partial charge in [-0.1, -0.05) is 12.1 Å². The van der Waals surface area contributed by atoms with E-state index in [2.05, 4.69) is 37.4 Å². The molecule has 1 aromatic carbocycles. The zero-order chi connectivity index (χ0) is 18.5.